The van der Waals surface area contributed by atoms with Crippen LogP contribution in [-0.4, -0.2) is 52.6 Å². The Morgan fingerprint density at radius 1 is 0.941 bits per heavy atom. The highest BCUT2D eigenvalue weighted by Gasteiger charge is 2.56. The lowest BCUT2D eigenvalue weighted by Gasteiger charge is -2.58. The van der Waals surface area contributed by atoms with Gasteiger partial charge in [0.15, 0.2) is 5.78 Å². The number of nitrogens with two attached hydrogens (primary N) is 2. The first kappa shape index (κ1) is 38.1. The Bertz CT molecular complexity index is 1740. The minimum absolute atomic E-state index is 0.0159. The summed E-state index contributed by atoms with van der Waals surface area (Å²) >= 11 is 0. The number of allylic oxidation sites excluding steroid dienone is 4. The molecule has 1 heterocycles. The molecule has 0 bridgehead atoms. The van der Waals surface area contributed by atoms with Crippen LogP contribution in [0.15, 0.2) is 82.7 Å². The van der Waals surface area contributed by atoms with E-state index in [2.05, 4.69) is 41.0 Å². The molecule has 51 heavy (non-hydrogen) atoms. The molecule has 4 aliphatic rings. The molecule has 3 aliphatic carbocycles. The second kappa shape index (κ2) is 16.4. The van der Waals surface area contributed by atoms with Gasteiger partial charge in [-0.2, -0.15) is 0 Å². The second-order valence-corrected chi connectivity index (χ2v) is 13.5. The number of anilines is 1. The van der Waals surface area contributed by atoms with Crippen LogP contribution in [0.2, 0.25) is 0 Å². The van der Waals surface area contributed by atoms with Crippen molar-refractivity contribution in [2.45, 2.75) is 64.9 Å². The van der Waals surface area contributed by atoms with E-state index < -0.39 is 5.97 Å². The standard InChI is InChI=1S/C19H24O3.C14H15N7.C4H7NO3/c1-18-9-7-13(20)11-12(18)3-4-14-15(18)8-10-19(2)16(14)5-6-17(21)22-19;15-13(16)9-1-5-11(6-2-9)19-21-20-12-7-3-10(4-8-12)14(17)18;1-3(6)5-2-4(7)8/h7,9,11,14-16H,3-6,8,10H2,1-2H3;1-8H,(H3,15,16)(H3,17,18)(H,19,20);2H2,1H3,(H,5,6)(H,7,8)/t14-,15+,16+,18+,19+;;/m1../s1. The molecule has 0 aromatic heterocycles. The molecule has 2 aromatic rings. The summed E-state index contributed by atoms with van der Waals surface area (Å²) in [5, 5.41) is 32.5. The molecule has 0 spiro atoms. The molecule has 14 nitrogen and oxygen atoms in total. The number of hydrogen-bond donors (Lipinski definition) is 7. The third-order valence-electron chi connectivity index (χ3n) is 10.1. The number of carboxylic acid groups (broad SMARTS) is 1. The summed E-state index contributed by atoms with van der Waals surface area (Å²) in [4.78, 5) is 43.1. The molecule has 0 unspecified atom stereocenters. The highest BCUT2D eigenvalue weighted by atomic mass is 16.6. The summed E-state index contributed by atoms with van der Waals surface area (Å²) in [5.41, 5.74) is 17.3. The normalized spacial score (nSPS) is 25.9. The molecule has 5 atom stereocenters. The predicted octanol–water partition coefficient (Wildman–Crippen LogP) is 5.16. The van der Waals surface area contributed by atoms with Crippen molar-refractivity contribution in [1.29, 1.82) is 10.8 Å². The molecule has 2 aromatic carbocycles. The zero-order valence-electron chi connectivity index (χ0n) is 29.1. The van der Waals surface area contributed by atoms with E-state index in [0.29, 0.717) is 41.0 Å². The maximum Gasteiger partial charge on any atom is 0.322 e. The van der Waals surface area contributed by atoms with Crippen LogP contribution < -0.4 is 22.2 Å². The van der Waals surface area contributed by atoms with E-state index in [1.54, 1.807) is 54.6 Å². The average Bonchev–Trinajstić information content (AvgIpc) is 3.08. The Hall–Kier alpha value is -5.66. The van der Waals surface area contributed by atoms with E-state index in [-0.39, 0.29) is 46.9 Å². The lowest BCUT2D eigenvalue weighted by molar-refractivity contribution is -0.192. The molecule has 270 valence electrons. The number of nitrogens with zero attached hydrogens (tertiary/aromatic N) is 2. The van der Waals surface area contributed by atoms with Crippen LogP contribution in [0, 0.1) is 34.0 Å². The number of aliphatic carboxylic acids is 1. The van der Waals surface area contributed by atoms with E-state index in [4.69, 9.17) is 32.1 Å². The number of amidine groups is 2. The number of hydrogen-bond acceptors (Lipinski definition) is 9. The summed E-state index contributed by atoms with van der Waals surface area (Å²) < 4.78 is 5.79. The van der Waals surface area contributed by atoms with Crippen molar-refractivity contribution in [3.8, 4) is 0 Å². The minimum Gasteiger partial charge on any atom is -0.480 e. The number of ketones is 1. The van der Waals surface area contributed by atoms with Crippen molar-refractivity contribution in [1.82, 2.24) is 5.32 Å². The summed E-state index contributed by atoms with van der Waals surface area (Å²) in [7, 11) is 0. The summed E-state index contributed by atoms with van der Waals surface area (Å²) in [5.74, 6) is 0.455. The van der Waals surface area contributed by atoms with Gasteiger partial charge in [-0.05, 0) is 112 Å². The topological polar surface area (TPSA) is 246 Å². The van der Waals surface area contributed by atoms with Gasteiger partial charge < -0.3 is 26.6 Å². The smallest absolute Gasteiger partial charge is 0.322 e. The van der Waals surface area contributed by atoms with Crippen LogP contribution in [0.1, 0.15) is 70.4 Å². The minimum atomic E-state index is -1.03. The van der Waals surface area contributed by atoms with E-state index >= 15 is 0 Å². The van der Waals surface area contributed by atoms with Crippen LogP contribution in [-0.2, 0) is 23.9 Å². The molecule has 1 saturated heterocycles. The fourth-order valence-corrected chi connectivity index (χ4v) is 7.49. The number of fused-ring (bicyclic) bond motifs is 5. The third kappa shape index (κ3) is 9.74. The van der Waals surface area contributed by atoms with E-state index in [0.717, 1.165) is 37.8 Å². The number of carbonyl (C=O) groups is 4. The SMILES string of the molecule is CC(=O)NCC(=O)O.C[C@]12C=CC(=O)C=C1CC[C@@H]1[C@@H]2CC[C@]2(C)OC(=O)CC[C@@H]12.N=C(N)c1ccc(N=NNc2ccc(C(=N)N)cc2)cc1. The summed E-state index contributed by atoms with van der Waals surface area (Å²) in [6.45, 7) is 5.41. The van der Waals surface area contributed by atoms with Crippen molar-refractivity contribution in [2.24, 2.45) is 45.0 Å². The number of amides is 1. The lowest BCUT2D eigenvalue weighted by Crippen LogP contribution is -2.56. The summed E-state index contributed by atoms with van der Waals surface area (Å²) in [6.07, 6.45) is 11.5. The molecule has 3 fully saturated rings. The number of ether oxygens (including phenoxy) is 1. The van der Waals surface area contributed by atoms with Crippen LogP contribution in [0.5, 0.6) is 0 Å². The summed E-state index contributed by atoms with van der Waals surface area (Å²) in [6, 6.07) is 13.8. The van der Waals surface area contributed by atoms with Gasteiger partial charge in [0.25, 0.3) is 0 Å². The fraction of sp³-hybridized carbons (Fsp3) is 0.405. The molecule has 1 aliphatic heterocycles. The Morgan fingerprint density at radius 2 is 1.57 bits per heavy atom. The van der Waals surface area contributed by atoms with Crippen LogP contribution in [0.3, 0.4) is 0 Å². The number of rotatable bonds is 7. The zero-order chi connectivity index (χ0) is 37.3. The van der Waals surface area contributed by atoms with Crippen molar-refractivity contribution < 1.29 is 29.0 Å². The Balaban J connectivity index is 0.000000190. The van der Waals surface area contributed by atoms with E-state index in [1.165, 1.54) is 12.5 Å². The van der Waals surface area contributed by atoms with E-state index in [1.807, 2.05) is 6.08 Å². The van der Waals surface area contributed by atoms with Gasteiger partial charge in [0.1, 0.15) is 23.8 Å². The first-order chi connectivity index (χ1) is 24.1. The molecular formula is C37H46N8O6. The molecule has 14 heteroatoms. The van der Waals surface area contributed by atoms with Crippen molar-refractivity contribution in [2.75, 3.05) is 12.0 Å². The number of nitrogens with one attached hydrogen (secondary N) is 4. The quantitative estimate of drug-likeness (QED) is 0.0662. The van der Waals surface area contributed by atoms with Gasteiger partial charge in [0, 0.05) is 35.8 Å². The van der Waals surface area contributed by atoms with Crippen LogP contribution >= 0.6 is 0 Å². The van der Waals surface area contributed by atoms with Crippen molar-refractivity contribution in [3.63, 3.8) is 0 Å². The molecule has 6 rings (SSSR count). The number of nitrogen functional groups attached to an aromatic ring is 2. The van der Waals surface area contributed by atoms with Crippen LogP contribution in [0.25, 0.3) is 0 Å². The largest absolute Gasteiger partial charge is 0.480 e. The first-order valence-corrected chi connectivity index (χ1v) is 16.8. The molecule has 9 N–H and O–H groups in total. The molecular weight excluding hydrogens is 652 g/mol. The monoisotopic (exact) mass is 698 g/mol. The third-order valence-corrected chi connectivity index (χ3v) is 10.1. The Kier molecular flexibility index (Phi) is 12.2. The zero-order valence-corrected chi connectivity index (χ0v) is 29.1. The van der Waals surface area contributed by atoms with Crippen LogP contribution in [0.4, 0.5) is 11.4 Å². The molecule has 2 saturated carbocycles. The lowest BCUT2D eigenvalue weighted by atomic mass is 9.49. The van der Waals surface area contributed by atoms with Gasteiger partial charge in [-0.1, -0.05) is 23.8 Å². The highest BCUT2D eigenvalue weighted by molar-refractivity contribution is 6.01. The second-order valence-electron chi connectivity index (χ2n) is 13.5. The average molecular weight is 699 g/mol. The number of benzene rings is 2. The van der Waals surface area contributed by atoms with Gasteiger partial charge in [-0.25, -0.2) is 0 Å². The van der Waals surface area contributed by atoms with Crippen molar-refractivity contribution >= 4 is 46.7 Å². The number of carboxylic acids is 1. The molecule has 0 radical (unpaired) electrons. The maximum atomic E-state index is 11.7. The highest BCUT2D eigenvalue weighted by Crippen LogP contribution is 2.60. The van der Waals surface area contributed by atoms with Crippen molar-refractivity contribution in [3.05, 3.63) is 83.5 Å². The number of esters is 1. The van der Waals surface area contributed by atoms with Gasteiger partial charge in [0.2, 0.25) is 5.91 Å². The van der Waals surface area contributed by atoms with Gasteiger partial charge in [-0.15, -0.1) is 5.11 Å². The Morgan fingerprint density at radius 3 is 2.14 bits per heavy atom. The van der Waals surface area contributed by atoms with E-state index in [9.17, 15) is 19.2 Å². The maximum absolute atomic E-state index is 11.7. The number of carbonyl (C=O) groups excluding carboxylic acids is 3. The Labute approximate surface area is 296 Å². The molecule has 1 amide bonds. The van der Waals surface area contributed by atoms with Gasteiger partial charge in [-0.3, -0.25) is 35.4 Å². The fourth-order valence-electron chi connectivity index (χ4n) is 7.49. The predicted molar refractivity (Wildman–Crippen MR) is 192 cm³/mol. The van der Waals surface area contributed by atoms with Gasteiger partial charge >= 0.3 is 11.9 Å². The van der Waals surface area contributed by atoms with Gasteiger partial charge in [0.05, 0.1) is 11.4 Å². The first-order valence-electron chi connectivity index (χ1n) is 16.8.